The van der Waals surface area contributed by atoms with Gasteiger partial charge in [0.15, 0.2) is 18.9 Å². The third kappa shape index (κ3) is 7.38. The summed E-state index contributed by atoms with van der Waals surface area (Å²) in [7, 11) is 0. The largest absolute Gasteiger partial charge is 0.393 e. The average molecular weight is 789 g/mol. The molecule has 316 valence electrons. The molecule has 10 N–H and O–H groups in total. The van der Waals surface area contributed by atoms with Gasteiger partial charge in [-0.25, -0.2) is 0 Å². The Bertz CT molecular complexity index is 1370. The van der Waals surface area contributed by atoms with E-state index in [0.29, 0.717) is 24.7 Å². The van der Waals surface area contributed by atoms with Gasteiger partial charge in [0.2, 0.25) is 0 Å². The minimum atomic E-state index is -1.65. The molecule has 3 heterocycles. The monoisotopic (exact) mass is 788 g/mol. The molecule has 7 rings (SSSR count). The van der Waals surface area contributed by atoms with E-state index in [9.17, 15) is 51.1 Å². The lowest BCUT2D eigenvalue weighted by atomic mass is 9.47. The van der Waals surface area contributed by atoms with Gasteiger partial charge in [-0.3, -0.25) is 0 Å². The first-order valence-corrected chi connectivity index (χ1v) is 20.3. The lowest BCUT2D eigenvalue weighted by molar-refractivity contribution is -0.335. The minimum absolute atomic E-state index is 0.0872. The highest BCUT2D eigenvalue weighted by Crippen LogP contribution is 2.67. The number of aliphatic hydroxyl groups is 10. The third-order valence-corrected chi connectivity index (χ3v) is 15.0. The van der Waals surface area contributed by atoms with Gasteiger partial charge in [-0.05, 0) is 94.3 Å². The van der Waals surface area contributed by atoms with Crippen LogP contribution in [0.25, 0.3) is 0 Å². The standard InChI is InChI=1S/C39H64O16/c1-15(40)25-23(54-37-34(49)31(46)28(43)24(55-37)14-50-35-32(47)29(44)26(41)16(2)51-35)13-22-20-7-6-18-12-19(53-36-33(48)30(45)27(42)17(3)52-36)8-10-38(18,4)21(20)9-11-39(22,25)5/h6,15-17,19-37,40-49H,7-14H2,1-5H3/t15?,16-,17+,19-,20?,21?,22?,23+,24+,25?,26-,27+,28+,29+,30-,31-,32+,33+,34+,35+,36-,37+,38-,39-/m0/s1. The summed E-state index contributed by atoms with van der Waals surface area (Å²) in [6.45, 7) is 9.07. The molecular formula is C39H64O16. The fourth-order valence-electron chi connectivity index (χ4n) is 11.8. The van der Waals surface area contributed by atoms with Crippen LogP contribution in [-0.2, 0) is 28.4 Å². The number of hydrogen-bond acceptors (Lipinski definition) is 16. The minimum Gasteiger partial charge on any atom is -0.393 e. The van der Waals surface area contributed by atoms with Crippen molar-refractivity contribution in [1.82, 2.24) is 0 Å². The van der Waals surface area contributed by atoms with Crippen LogP contribution in [0.4, 0.5) is 0 Å². The summed E-state index contributed by atoms with van der Waals surface area (Å²) >= 11 is 0. The summed E-state index contributed by atoms with van der Waals surface area (Å²) in [6.07, 6.45) is -13.3. The van der Waals surface area contributed by atoms with E-state index in [1.165, 1.54) is 12.5 Å². The van der Waals surface area contributed by atoms with Crippen LogP contribution in [0, 0.1) is 34.5 Å². The summed E-state index contributed by atoms with van der Waals surface area (Å²) in [5.74, 6) is 0.519. The van der Waals surface area contributed by atoms with Crippen molar-refractivity contribution in [3.8, 4) is 0 Å². The van der Waals surface area contributed by atoms with Crippen molar-refractivity contribution < 1.29 is 79.5 Å². The molecule has 0 aromatic heterocycles. The average Bonchev–Trinajstić information content (AvgIpc) is 3.45. The first-order valence-electron chi connectivity index (χ1n) is 20.3. The molecule has 24 atom stereocenters. The van der Waals surface area contributed by atoms with E-state index in [1.807, 2.05) is 0 Å². The van der Waals surface area contributed by atoms with Crippen molar-refractivity contribution in [3.63, 3.8) is 0 Å². The number of fused-ring (bicyclic) bond motifs is 5. The Morgan fingerprint density at radius 3 is 1.93 bits per heavy atom. The quantitative estimate of drug-likeness (QED) is 0.130. The predicted molar refractivity (Wildman–Crippen MR) is 189 cm³/mol. The van der Waals surface area contributed by atoms with Crippen molar-refractivity contribution >= 4 is 0 Å². The predicted octanol–water partition coefficient (Wildman–Crippen LogP) is -1.19. The van der Waals surface area contributed by atoms with Crippen LogP contribution < -0.4 is 0 Å². The van der Waals surface area contributed by atoms with Gasteiger partial charge < -0.3 is 79.5 Å². The molecular weight excluding hydrogens is 724 g/mol. The Labute approximate surface area is 322 Å². The Balaban J connectivity index is 1.03. The van der Waals surface area contributed by atoms with Crippen LogP contribution in [0.15, 0.2) is 11.6 Å². The number of ether oxygens (including phenoxy) is 6. The summed E-state index contributed by atoms with van der Waals surface area (Å²) in [5.41, 5.74) is 0.933. The molecule has 3 saturated heterocycles. The zero-order chi connectivity index (χ0) is 39.9. The lowest BCUT2D eigenvalue weighted by Crippen LogP contribution is -2.61. The smallest absolute Gasteiger partial charge is 0.186 e. The second kappa shape index (κ2) is 15.9. The zero-order valence-electron chi connectivity index (χ0n) is 32.4. The fraction of sp³-hybridized carbons (Fsp3) is 0.949. The maximum absolute atomic E-state index is 11.3. The van der Waals surface area contributed by atoms with Crippen molar-refractivity contribution in [3.05, 3.63) is 11.6 Å². The Kier molecular flexibility index (Phi) is 12.2. The van der Waals surface area contributed by atoms with Crippen molar-refractivity contribution in [2.45, 2.75) is 190 Å². The van der Waals surface area contributed by atoms with Gasteiger partial charge >= 0.3 is 0 Å². The van der Waals surface area contributed by atoms with Crippen molar-refractivity contribution in [2.75, 3.05) is 6.61 Å². The van der Waals surface area contributed by atoms with Gasteiger partial charge in [0.25, 0.3) is 0 Å². The molecule has 16 nitrogen and oxygen atoms in total. The number of hydrogen-bond donors (Lipinski definition) is 10. The molecule has 0 amide bonds. The molecule has 3 saturated carbocycles. The van der Waals surface area contributed by atoms with Gasteiger partial charge in [0, 0.05) is 5.92 Å². The lowest BCUT2D eigenvalue weighted by Gasteiger charge is -2.58. The molecule has 55 heavy (non-hydrogen) atoms. The van der Waals surface area contributed by atoms with Crippen LogP contribution in [0.1, 0.15) is 79.6 Å². The summed E-state index contributed by atoms with van der Waals surface area (Å²) in [5, 5.41) is 106. The van der Waals surface area contributed by atoms with Gasteiger partial charge in [-0.15, -0.1) is 0 Å². The Morgan fingerprint density at radius 1 is 0.709 bits per heavy atom. The summed E-state index contributed by atoms with van der Waals surface area (Å²) in [4.78, 5) is 0. The van der Waals surface area contributed by atoms with Gasteiger partial charge in [0.1, 0.15) is 61.0 Å². The maximum atomic E-state index is 11.3. The van der Waals surface area contributed by atoms with Gasteiger partial charge in [0.05, 0.1) is 37.1 Å². The number of aliphatic hydroxyl groups excluding tert-OH is 10. The van der Waals surface area contributed by atoms with Crippen LogP contribution >= 0.6 is 0 Å². The first-order chi connectivity index (χ1) is 25.9. The highest BCUT2D eigenvalue weighted by Gasteiger charge is 2.63. The highest BCUT2D eigenvalue weighted by molar-refractivity contribution is 5.26. The van der Waals surface area contributed by atoms with Crippen molar-refractivity contribution in [1.29, 1.82) is 0 Å². The van der Waals surface area contributed by atoms with Crippen molar-refractivity contribution in [2.24, 2.45) is 34.5 Å². The molecule has 0 radical (unpaired) electrons. The van der Waals surface area contributed by atoms with E-state index in [2.05, 4.69) is 19.9 Å². The SMILES string of the molecule is CC(O)C1[C@H](O[C@@H]2O[C@H](CO[C@@H]3O[C@@H](C)[C@H](O)[C@@H](O)[C@H]3O)[C@@H](O)[C@H](O)[C@H]2O)CC2C3CC=C4C[C@@H](O[C@@H]5O[C@H](C)[C@@H](O)[C@H](O)[C@H]5O)CC[C@]4(C)C3CC[C@@]21C. The molecule has 0 spiro atoms. The molecule has 0 bridgehead atoms. The third-order valence-electron chi connectivity index (χ3n) is 15.0. The second-order valence-electron chi connectivity index (χ2n) is 18.2. The molecule has 0 aromatic rings. The molecule has 6 fully saturated rings. The van der Waals surface area contributed by atoms with Crippen LogP contribution in [0.5, 0.6) is 0 Å². The second-order valence-corrected chi connectivity index (χ2v) is 18.2. The van der Waals surface area contributed by atoms with E-state index in [1.54, 1.807) is 13.8 Å². The van der Waals surface area contributed by atoms with E-state index in [0.717, 1.165) is 32.1 Å². The van der Waals surface area contributed by atoms with E-state index in [-0.39, 0.29) is 28.8 Å². The molecule has 3 aliphatic heterocycles. The zero-order valence-corrected chi connectivity index (χ0v) is 32.4. The number of rotatable bonds is 8. The molecule has 5 unspecified atom stereocenters. The molecule has 7 aliphatic rings. The van der Waals surface area contributed by atoms with E-state index >= 15 is 0 Å². The van der Waals surface area contributed by atoms with Gasteiger partial charge in [-0.1, -0.05) is 25.5 Å². The highest BCUT2D eigenvalue weighted by atomic mass is 16.7. The Hall–Kier alpha value is -0.900. The molecule has 4 aliphatic carbocycles. The molecule has 0 aromatic carbocycles. The van der Waals surface area contributed by atoms with Crippen LogP contribution in [-0.4, -0.2) is 168 Å². The molecule has 16 heteroatoms. The van der Waals surface area contributed by atoms with E-state index in [4.69, 9.17) is 28.4 Å². The summed E-state index contributed by atoms with van der Waals surface area (Å²) < 4.78 is 35.7. The topological polar surface area (TPSA) is 258 Å². The van der Waals surface area contributed by atoms with E-state index < -0.39 is 111 Å². The summed E-state index contributed by atoms with van der Waals surface area (Å²) in [6, 6.07) is 0. The first kappa shape index (κ1) is 42.2. The normalized spacial score (nSPS) is 56.2. The van der Waals surface area contributed by atoms with Crippen LogP contribution in [0.3, 0.4) is 0 Å². The van der Waals surface area contributed by atoms with Gasteiger partial charge in [-0.2, -0.15) is 0 Å². The maximum Gasteiger partial charge on any atom is 0.186 e. The Morgan fingerprint density at radius 2 is 1.29 bits per heavy atom. The fourth-order valence-corrected chi connectivity index (χ4v) is 11.8. The number of allylic oxidation sites excluding steroid dienone is 1. The van der Waals surface area contributed by atoms with Crippen LogP contribution in [0.2, 0.25) is 0 Å².